The van der Waals surface area contributed by atoms with E-state index in [1.54, 1.807) is 30.1 Å². The third-order valence-electron chi connectivity index (χ3n) is 2.97. The van der Waals surface area contributed by atoms with Crippen molar-refractivity contribution in [3.63, 3.8) is 0 Å². The van der Waals surface area contributed by atoms with E-state index in [0.29, 0.717) is 13.1 Å². The first-order valence-corrected chi connectivity index (χ1v) is 6.27. The maximum atomic E-state index is 12.1. The summed E-state index contributed by atoms with van der Waals surface area (Å²) in [6.45, 7) is 3.06. The average Bonchev–Trinajstić information content (AvgIpc) is 2.35. The van der Waals surface area contributed by atoms with Crippen molar-refractivity contribution < 1.29 is 9.90 Å². The number of nitrogens with two attached hydrogens (primary N) is 1. The molecule has 100 valence electrons. The van der Waals surface area contributed by atoms with Gasteiger partial charge in [-0.05, 0) is 37.1 Å². The molecule has 0 fully saturated rings. The molecule has 0 saturated heterocycles. The van der Waals surface area contributed by atoms with Crippen LogP contribution < -0.4 is 5.73 Å². The Hall–Kier alpha value is -1.55. The number of hydrogen-bond donors (Lipinski definition) is 2. The van der Waals surface area contributed by atoms with Crippen LogP contribution in [0.5, 0.6) is 5.75 Å². The van der Waals surface area contributed by atoms with Crippen LogP contribution in [-0.2, 0) is 11.3 Å². The highest BCUT2D eigenvalue weighted by Gasteiger charge is 2.17. The molecule has 18 heavy (non-hydrogen) atoms. The number of carbonyl (C=O) groups excluding carboxylic acids is 1. The Morgan fingerprint density at radius 3 is 2.83 bits per heavy atom. The van der Waals surface area contributed by atoms with Gasteiger partial charge >= 0.3 is 0 Å². The second kappa shape index (κ2) is 7.01. The summed E-state index contributed by atoms with van der Waals surface area (Å²) < 4.78 is 0. The summed E-state index contributed by atoms with van der Waals surface area (Å²) in [4.78, 5) is 13.8. The van der Waals surface area contributed by atoms with Gasteiger partial charge in [0.25, 0.3) is 0 Å². The Morgan fingerprint density at radius 1 is 1.50 bits per heavy atom. The van der Waals surface area contributed by atoms with Crippen LogP contribution in [0.4, 0.5) is 0 Å². The molecule has 0 radical (unpaired) electrons. The molecule has 0 aliphatic heterocycles. The topological polar surface area (TPSA) is 66.6 Å². The molecule has 0 aliphatic rings. The van der Waals surface area contributed by atoms with Gasteiger partial charge < -0.3 is 15.7 Å². The van der Waals surface area contributed by atoms with Gasteiger partial charge in [0, 0.05) is 19.5 Å². The SMILES string of the molecule is CC(CCCN)C(=O)N(C)Cc1cccc(O)c1. The summed E-state index contributed by atoms with van der Waals surface area (Å²) in [7, 11) is 1.78. The highest BCUT2D eigenvalue weighted by Crippen LogP contribution is 2.15. The van der Waals surface area contributed by atoms with E-state index in [2.05, 4.69) is 0 Å². The largest absolute Gasteiger partial charge is 0.508 e. The van der Waals surface area contributed by atoms with E-state index in [4.69, 9.17) is 5.73 Å². The van der Waals surface area contributed by atoms with Gasteiger partial charge in [-0.3, -0.25) is 4.79 Å². The van der Waals surface area contributed by atoms with Gasteiger partial charge in [0.15, 0.2) is 0 Å². The normalized spacial score (nSPS) is 12.2. The smallest absolute Gasteiger partial charge is 0.225 e. The zero-order chi connectivity index (χ0) is 13.5. The van der Waals surface area contributed by atoms with Crippen molar-refractivity contribution in [1.82, 2.24) is 4.90 Å². The fourth-order valence-electron chi connectivity index (χ4n) is 1.93. The lowest BCUT2D eigenvalue weighted by molar-refractivity contribution is -0.134. The number of phenols is 1. The number of amides is 1. The van der Waals surface area contributed by atoms with E-state index in [1.807, 2.05) is 13.0 Å². The molecule has 0 bridgehead atoms. The minimum absolute atomic E-state index is 0.00383. The number of rotatable bonds is 6. The highest BCUT2D eigenvalue weighted by molar-refractivity contribution is 5.78. The van der Waals surface area contributed by atoms with Gasteiger partial charge in [-0.25, -0.2) is 0 Å². The number of nitrogens with zero attached hydrogens (tertiary/aromatic N) is 1. The van der Waals surface area contributed by atoms with Crippen LogP contribution in [0.25, 0.3) is 0 Å². The molecule has 1 rings (SSSR count). The molecule has 1 aromatic carbocycles. The third-order valence-corrected chi connectivity index (χ3v) is 2.97. The van der Waals surface area contributed by atoms with Crippen LogP contribution in [0.15, 0.2) is 24.3 Å². The Bertz CT molecular complexity index is 393. The van der Waals surface area contributed by atoms with E-state index in [9.17, 15) is 9.90 Å². The summed E-state index contributed by atoms with van der Waals surface area (Å²) in [6.07, 6.45) is 1.69. The molecule has 0 spiro atoms. The molecule has 0 heterocycles. The molecule has 1 amide bonds. The Balaban J connectivity index is 2.54. The van der Waals surface area contributed by atoms with Gasteiger partial charge in [0.05, 0.1) is 0 Å². The first kappa shape index (κ1) is 14.5. The van der Waals surface area contributed by atoms with Gasteiger partial charge in [-0.15, -0.1) is 0 Å². The molecule has 0 aliphatic carbocycles. The van der Waals surface area contributed by atoms with E-state index in [1.165, 1.54) is 0 Å². The average molecular weight is 250 g/mol. The maximum absolute atomic E-state index is 12.1. The minimum Gasteiger partial charge on any atom is -0.508 e. The van der Waals surface area contributed by atoms with E-state index >= 15 is 0 Å². The zero-order valence-electron chi connectivity index (χ0n) is 11.1. The van der Waals surface area contributed by atoms with Crippen molar-refractivity contribution >= 4 is 5.91 Å². The maximum Gasteiger partial charge on any atom is 0.225 e. The Labute approximate surface area is 108 Å². The van der Waals surface area contributed by atoms with E-state index < -0.39 is 0 Å². The standard InChI is InChI=1S/C14H22N2O2/c1-11(5-4-8-15)14(18)16(2)10-12-6-3-7-13(17)9-12/h3,6-7,9,11,17H,4-5,8,10,15H2,1-2H3. The van der Waals surface area contributed by atoms with Crippen molar-refractivity contribution in [2.45, 2.75) is 26.3 Å². The van der Waals surface area contributed by atoms with Crippen LogP contribution in [0.1, 0.15) is 25.3 Å². The van der Waals surface area contributed by atoms with Crippen molar-refractivity contribution in [3.8, 4) is 5.75 Å². The van der Waals surface area contributed by atoms with Crippen molar-refractivity contribution in [1.29, 1.82) is 0 Å². The molecule has 0 aromatic heterocycles. The summed E-state index contributed by atoms with van der Waals surface area (Å²) in [5, 5.41) is 9.37. The molecule has 0 saturated carbocycles. The lowest BCUT2D eigenvalue weighted by atomic mass is 10.0. The van der Waals surface area contributed by atoms with Crippen LogP contribution in [0.2, 0.25) is 0 Å². The quantitative estimate of drug-likeness (QED) is 0.808. The summed E-state index contributed by atoms with van der Waals surface area (Å²) in [5.74, 6) is 0.340. The van der Waals surface area contributed by atoms with E-state index in [-0.39, 0.29) is 17.6 Å². The molecule has 4 nitrogen and oxygen atoms in total. The first-order valence-electron chi connectivity index (χ1n) is 6.27. The number of carbonyl (C=O) groups is 1. The number of aromatic hydroxyl groups is 1. The predicted molar refractivity (Wildman–Crippen MR) is 72.0 cm³/mol. The van der Waals surface area contributed by atoms with Crippen molar-refractivity contribution in [2.75, 3.05) is 13.6 Å². The molecular weight excluding hydrogens is 228 g/mol. The van der Waals surface area contributed by atoms with Gasteiger partial charge in [-0.2, -0.15) is 0 Å². The number of hydrogen-bond acceptors (Lipinski definition) is 3. The fraction of sp³-hybridized carbons (Fsp3) is 0.500. The molecule has 3 N–H and O–H groups in total. The monoisotopic (exact) mass is 250 g/mol. The van der Waals surface area contributed by atoms with Crippen molar-refractivity contribution in [3.05, 3.63) is 29.8 Å². The highest BCUT2D eigenvalue weighted by atomic mass is 16.3. The van der Waals surface area contributed by atoms with E-state index in [0.717, 1.165) is 18.4 Å². The summed E-state index contributed by atoms with van der Waals surface area (Å²) in [6, 6.07) is 6.97. The summed E-state index contributed by atoms with van der Waals surface area (Å²) in [5.41, 5.74) is 6.37. The summed E-state index contributed by atoms with van der Waals surface area (Å²) >= 11 is 0. The van der Waals surface area contributed by atoms with Crippen molar-refractivity contribution in [2.24, 2.45) is 11.7 Å². The zero-order valence-corrected chi connectivity index (χ0v) is 11.1. The van der Waals surface area contributed by atoms with Gasteiger partial charge in [0.2, 0.25) is 5.91 Å². The lowest BCUT2D eigenvalue weighted by Gasteiger charge is -2.21. The molecule has 1 aromatic rings. The van der Waals surface area contributed by atoms with Crippen LogP contribution in [0.3, 0.4) is 0 Å². The molecule has 1 unspecified atom stereocenters. The van der Waals surface area contributed by atoms with Crippen LogP contribution >= 0.6 is 0 Å². The van der Waals surface area contributed by atoms with Crippen LogP contribution in [0, 0.1) is 5.92 Å². The minimum atomic E-state index is -0.00383. The number of phenolic OH excluding ortho intramolecular Hbond substituents is 1. The van der Waals surface area contributed by atoms with Crippen LogP contribution in [-0.4, -0.2) is 29.5 Å². The molecule has 4 heteroatoms. The second-order valence-electron chi connectivity index (χ2n) is 4.70. The fourth-order valence-corrected chi connectivity index (χ4v) is 1.93. The second-order valence-corrected chi connectivity index (χ2v) is 4.70. The number of benzene rings is 1. The first-order chi connectivity index (χ1) is 8.54. The van der Waals surface area contributed by atoms with Gasteiger partial charge in [-0.1, -0.05) is 19.1 Å². The predicted octanol–water partition coefficient (Wildman–Crippen LogP) is 1.73. The lowest BCUT2D eigenvalue weighted by Crippen LogP contribution is -2.31. The molecule has 1 atom stereocenters. The Kier molecular flexibility index (Phi) is 5.65. The third kappa shape index (κ3) is 4.37. The van der Waals surface area contributed by atoms with Gasteiger partial charge in [0.1, 0.15) is 5.75 Å². The molecular formula is C14H22N2O2. The Morgan fingerprint density at radius 2 is 2.22 bits per heavy atom.